The molecule has 3 fully saturated rings. The molecule has 3 aliphatic rings. The highest BCUT2D eigenvalue weighted by atomic mass is 15.2. The van der Waals surface area contributed by atoms with Crippen molar-refractivity contribution >= 4 is 0 Å². The van der Waals surface area contributed by atoms with Crippen LogP contribution in [0.5, 0.6) is 0 Å². The van der Waals surface area contributed by atoms with E-state index in [4.69, 9.17) is 0 Å². The first-order valence-corrected chi connectivity index (χ1v) is 9.97. The number of likely N-dealkylation sites (tertiary alicyclic amines) is 1. The Labute approximate surface area is 147 Å². The molecule has 1 N–H and O–H groups in total. The second kappa shape index (κ2) is 7.15. The van der Waals surface area contributed by atoms with E-state index < -0.39 is 0 Å². The summed E-state index contributed by atoms with van der Waals surface area (Å²) in [6.07, 6.45) is 8.28. The van der Waals surface area contributed by atoms with Crippen molar-refractivity contribution < 1.29 is 0 Å². The summed E-state index contributed by atoms with van der Waals surface area (Å²) in [5.74, 6) is 0. The maximum Gasteiger partial charge on any atom is 0.0320 e. The van der Waals surface area contributed by atoms with Crippen LogP contribution in [0, 0.1) is 0 Å². The predicted octanol–water partition coefficient (Wildman–Crippen LogP) is 3.43. The maximum atomic E-state index is 4.03. The third-order valence-electron chi connectivity index (χ3n) is 6.86. The van der Waals surface area contributed by atoms with E-state index in [0.717, 1.165) is 18.1 Å². The van der Waals surface area contributed by atoms with Gasteiger partial charge in [-0.2, -0.15) is 0 Å². The van der Waals surface area contributed by atoms with Crippen molar-refractivity contribution in [1.29, 1.82) is 0 Å². The molecule has 0 amide bonds. The van der Waals surface area contributed by atoms with Crippen molar-refractivity contribution in [3.63, 3.8) is 0 Å². The van der Waals surface area contributed by atoms with Crippen LogP contribution in [-0.2, 0) is 0 Å². The van der Waals surface area contributed by atoms with E-state index >= 15 is 0 Å². The summed E-state index contributed by atoms with van der Waals surface area (Å²) in [6, 6.07) is 14.6. The molecule has 24 heavy (non-hydrogen) atoms. The minimum atomic E-state index is 0.537. The summed E-state index contributed by atoms with van der Waals surface area (Å²) < 4.78 is 0. The molecular weight excluding hydrogens is 294 g/mol. The monoisotopic (exact) mass is 327 g/mol. The Hall–Kier alpha value is -0.900. The van der Waals surface area contributed by atoms with Gasteiger partial charge in [0.25, 0.3) is 0 Å². The number of fused-ring (bicyclic) bond motifs is 2. The van der Waals surface area contributed by atoms with E-state index in [0.29, 0.717) is 12.1 Å². The molecule has 4 rings (SSSR count). The van der Waals surface area contributed by atoms with E-state index in [-0.39, 0.29) is 0 Å². The molecule has 0 saturated carbocycles. The van der Waals surface area contributed by atoms with Gasteiger partial charge in [-0.3, -0.25) is 4.90 Å². The van der Waals surface area contributed by atoms with Gasteiger partial charge in [-0.15, -0.1) is 0 Å². The molecule has 0 radical (unpaired) electrons. The Morgan fingerprint density at radius 2 is 1.71 bits per heavy atom. The van der Waals surface area contributed by atoms with Gasteiger partial charge in [0.15, 0.2) is 0 Å². The first-order chi connectivity index (χ1) is 11.7. The zero-order valence-electron chi connectivity index (χ0n) is 15.3. The molecule has 0 spiro atoms. The molecule has 3 heterocycles. The molecule has 132 valence electrons. The van der Waals surface area contributed by atoms with Crippen molar-refractivity contribution in [2.75, 3.05) is 20.1 Å². The fourth-order valence-electron chi connectivity index (χ4n) is 5.30. The van der Waals surface area contributed by atoms with Gasteiger partial charge in [-0.05, 0) is 51.6 Å². The molecule has 3 heteroatoms. The zero-order valence-corrected chi connectivity index (χ0v) is 15.3. The van der Waals surface area contributed by atoms with Crippen LogP contribution >= 0.6 is 0 Å². The lowest BCUT2D eigenvalue weighted by Crippen LogP contribution is -2.56. The van der Waals surface area contributed by atoms with Gasteiger partial charge in [0.1, 0.15) is 0 Å². The number of rotatable bonds is 4. The molecule has 1 unspecified atom stereocenters. The molecule has 1 aromatic rings. The highest BCUT2D eigenvalue weighted by Gasteiger charge is 2.37. The molecule has 0 aliphatic carbocycles. The fraction of sp³-hybridized carbons (Fsp3) is 0.714. The number of nitrogens with zero attached hydrogens (tertiary/aromatic N) is 2. The normalized spacial score (nSPS) is 35.9. The van der Waals surface area contributed by atoms with Crippen LogP contribution in [0.25, 0.3) is 0 Å². The predicted molar refractivity (Wildman–Crippen MR) is 100 cm³/mol. The van der Waals surface area contributed by atoms with E-state index in [2.05, 4.69) is 59.4 Å². The lowest BCUT2D eigenvalue weighted by molar-refractivity contribution is 0.0459. The largest absolute Gasteiger partial charge is 0.310 e. The quantitative estimate of drug-likeness (QED) is 0.914. The highest BCUT2D eigenvalue weighted by Crippen LogP contribution is 2.33. The lowest BCUT2D eigenvalue weighted by Gasteiger charge is -2.47. The van der Waals surface area contributed by atoms with Crippen molar-refractivity contribution in [2.24, 2.45) is 0 Å². The Morgan fingerprint density at radius 1 is 1.00 bits per heavy atom. The summed E-state index contributed by atoms with van der Waals surface area (Å²) in [5.41, 5.74) is 1.45. The highest BCUT2D eigenvalue weighted by molar-refractivity contribution is 5.18. The number of hydrogen-bond acceptors (Lipinski definition) is 3. The Balaban J connectivity index is 1.31. The summed E-state index contributed by atoms with van der Waals surface area (Å²) in [6.45, 7) is 4.79. The fourth-order valence-corrected chi connectivity index (χ4v) is 5.30. The van der Waals surface area contributed by atoms with E-state index in [1.54, 1.807) is 0 Å². The maximum absolute atomic E-state index is 4.03. The number of benzene rings is 1. The van der Waals surface area contributed by atoms with Gasteiger partial charge in [-0.25, -0.2) is 0 Å². The average molecular weight is 328 g/mol. The molecule has 3 saturated heterocycles. The lowest BCUT2D eigenvalue weighted by atomic mass is 9.82. The zero-order chi connectivity index (χ0) is 16.5. The van der Waals surface area contributed by atoms with E-state index in [9.17, 15) is 0 Å². The first-order valence-electron chi connectivity index (χ1n) is 9.97. The van der Waals surface area contributed by atoms with Gasteiger partial charge in [-0.1, -0.05) is 36.8 Å². The third kappa shape index (κ3) is 3.40. The van der Waals surface area contributed by atoms with Gasteiger partial charge >= 0.3 is 0 Å². The topological polar surface area (TPSA) is 18.5 Å². The van der Waals surface area contributed by atoms with Crippen LogP contribution < -0.4 is 5.32 Å². The standard InChI is InChI=1S/C21H33N3/c1-16(17-7-4-3-5-8-17)24-12-11-18(15-24)22-19-13-20-9-6-10-21(14-19)23(20)2/h3-5,7-8,16,18-22H,6,9-15H2,1-2H3/t16-,18-,19?,20-,21+/m1/s1. The van der Waals surface area contributed by atoms with Gasteiger partial charge < -0.3 is 10.2 Å². The Morgan fingerprint density at radius 3 is 2.42 bits per heavy atom. The van der Waals surface area contributed by atoms with Crippen LogP contribution in [0.4, 0.5) is 0 Å². The van der Waals surface area contributed by atoms with Crippen LogP contribution in [0.1, 0.15) is 57.1 Å². The molecule has 0 aromatic heterocycles. The van der Waals surface area contributed by atoms with Crippen LogP contribution in [0.2, 0.25) is 0 Å². The Kier molecular flexibility index (Phi) is 4.93. The molecule has 5 atom stereocenters. The van der Waals surface area contributed by atoms with Gasteiger partial charge in [0.05, 0.1) is 0 Å². The van der Waals surface area contributed by atoms with Crippen LogP contribution in [-0.4, -0.2) is 54.1 Å². The van der Waals surface area contributed by atoms with Crippen molar-refractivity contribution in [3.05, 3.63) is 35.9 Å². The SMILES string of the molecule is C[C@H](c1ccccc1)N1CC[C@@H](NC2C[C@H]3CCC[C@@H](C2)N3C)C1. The van der Waals surface area contributed by atoms with Crippen molar-refractivity contribution in [1.82, 2.24) is 15.1 Å². The van der Waals surface area contributed by atoms with Gasteiger partial charge in [0, 0.05) is 43.3 Å². The number of nitrogens with one attached hydrogen (secondary N) is 1. The summed E-state index contributed by atoms with van der Waals surface area (Å²) in [7, 11) is 2.35. The minimum Gasteiger partial charge on any atom is -0.310 e. The van der Waals surface area contributed by atoms with Crippen LogP contribution in [0.15, 0.2) is 30.3 Å². The second-order valence-electron chi connectivity index (χ2n) is 8.31. The molecule has 3 aliphatic heterocycles. The average Bonchev–Trinajstić information content (AvgIpc) is 3.04. The molecular formula is C21H33N3. The van der Waals surface area contributed by atoms with Crippen LogP contribution in [0.3, 0.4) is 0 Å². The molecule has 1 aromatic carbocycles. The van der Waals surface area contributed by atoms with Crippen molar-refractivity contribution in [3.8, 4) is 0 Å². The molecule has 2 bridgehead atoms. The molecule has 3 nitrogen and oxygen atoms in total. The third-order valence-corrected chi connectivity index (χ3v) is 6.86. The number of piperidine rings is 2. The number of hydrogen-bond donors (Lipinski definition) is 1. The van der Waals surface area contributed by atoms with E-state index in [1.165, 1.54) is 57.2 Å². The minimum absolute atomic E-state index is 0.537. The summed E-state index contributed by atoms with van der Waals surface area (Å²) in [5, 5.41) is 4.03. The van der Waals surface area contributed by atoms with Crippen molar-refractivity contribution in [2.45, 2.75) is 75.7 Å². The first kappa shape index (κ1) is 16.6. The Bertz CT molecular complexity index is 517. The van der Waals surface area contributed by atoms with E-state index in [1.807, 2.05) is 0 Å². The second-order valence-corrected chi connectivity index (χ2v) is 8.31. The summed E-state index contributed by atoms with van der Waals surface area (Å²) >= 11 is 0. The smallest absolute Gasteiger partial charge is 0.0320 e. The van der Waals surface area contributed by atoms with Gasteiger partial charge in [0.2, 0.25) is 0 Å². The summed E-state index contributed by atoms with van der Waals surface area (Å²) in [4.78, 5) is 5.32.